The van der Waals surface area contributed by atoms with Gasteiger partial charge in [-0.1, -0.05) is 0 Å². The lowest BCUT2D eigenvalue weighted by atomic mass is 10.1. The van der Waals surface area contributed by atoms with Crippen LogP contribution in [0.25, 0.3) is 0 Å². The highest BCUT2D eigenvalue weighted by molar-refractivity contribution is 7.91. The number of sulfone groups is 1. The molecule has 0 aromatic carbocycles. The van der Waals surface area contributed by atoms with Crippen molar-refractivity contribution in [2.24, 2.45) is 0 Å². The normalized spacial score (nSPS) is 19.6. The third kappa shape index (κ3) is 2.90. The van der Waals surface area contributed by atoms with Crippen molar-refractivity contribution in [3.8, 4) is 0 Å². The van der Waals surface area contributed by atoms with Crippen LogP contribution in [0.3, 0.4) is 0 Å². The minimum absolute atomic E-state index is 0.101. The maximum Gasteiger partial charge on any atom is 0.358 e. The van der Waals surface area contributed by atoms with E-state index < -0.39 is 15.8 Å². The van der Waals surface area contributed by atoms with E-state index in [1.165, 1.54) is 0 Å². The first-order valence-corrected chi connectivity index (χ1v) is 7.75. The Balaban J connectivity index is 2.05. The number of esters is 1. The number of nitrogens with zero attached hydrogens (tertiary/aromatic N) is 2. The van der Waals surface area contributed by atoms with Crippen molar-refractivity contribution in [1.29, 1.82) is 0 Å². The smallest absolute Gasteiger partial charge is 0.358 e. The van der Waals surface area contributed by atoms with Gasteiger partial charge in [0.15, 0.2) is 5.69 Å². The molecule has 0 spiro atoms. The molecule has 1 aromatic heterocycles. The second kappa shape index (κ2) is 5.09. The van der Waals surface area contributed by atoms with E-state index in [4.69, 9.17) is 4.74 Å². The van der Waals surface area contributed by atoms with Gasteiger partial charge in [0.05, 0.1) is 24.4 Å². The Morgan fingerprint density at radius 3 is 2.78 bits per heavy atom. The van der Waals surface area contributed by atoms with Crippen LogP contribution in [-0.4, -0.2) is 42.1 Å². The molecule has 1 aliphatic rings. The topological polar surface area (TPSA) is 78.3 Å². The molecule has 1 aliphatic heterocycles. The number of ether oxygens (including phenoxy) is 1. The zero-order chi connectivity index (χ0) is 13.2. The molecule has 0 bridgehead atoms. The molecular weight excluding hydrogens is 256 g/mol. The molecule has 2 heterocycles. The van der Waals surface area contributed by atoms with Gasteiger partial charge in [-0.15, -0.1) is 0 Å². The number of imidazole rings is 1. The molecule has 0 amide bonds. The summed E-state index contributed by atoms with van der Waals surface area (Å²) in [6.45, 7) is 2.05. The number of carbonyl (C=O) groups is 1. The first-order chi connectivity index (χ1) is 8.52. The molecule has 1 aromatic rings. The molecule has 0 saturated carbocycles. The number of hydrogen-bond acceptors (Lipinski definition) is 5. The highest BCUT2D eigenvalue weighted by atomic mass is 32.2. The van der Waals surface area contributed by atoms with Gasteiger partial charge in [-0.2, -0.15) is 0 Å². The molecule has 18 heavy (non-hydrogen) atoms. The largest absolute Gasteiger partial charge is 0.461 e. The third-order valence-electron chi connectivity index (χ3n) is 3.03. The highest BCUT2D eigenvalue weighted by Crippen LogP contribution is 2.23. The fourth-order valence-corrected chi connectivity index (χ4v) is 3.49. The predicted molar refractivity (Wildman–Crippen MR) is 65.1 cm³/mol. The molecule has 0 radical (unpaired) electrons. The maximum absolute atomic E-state index is 11.4. The summed E-state index contributed by atoms with van der Waals surface area (Å²) < 4.78 is 29.3. The van der Waals surface area contributed by atoms with E-state index in [-0.39, 0.29) is 23.2 Å². The molecule has 1 saturated heterocycles. The van der Waals surface area contributed by atoms with Crippen LogP contribution in [0.1, 0.15) is 36.3 Å². The lowest BCUT2D eigenvalue weighted by Gasteiger charge is -2.22. The maximum atomic E-state index is 11.4. The molecule has 0 unspecified atom stereocenters. The van der Waals surface area contributed by atoms with Crippen LogP contribution in [0.5, 0.6) is 0 Å². The van der Waals surface area contributed by atoms with Crippen LogP contribution >= 0.6 is 0 Å². The van der Waals surface area contributed by atoms with Gasteiger partial charge in [-0.05, 0) is 19.8 Å². The molecule has 0 atom stereocenters. The molecule has 7 heteroatoms. The summed E-state index contributed by atoms with van der Waals surface area (Å²) in [6, 6.07) is 0.101. The lowest BCUT2D eigenvalue weighted by Crippen LogP contribution is -2.24. The standard InChI is InChI=1S/C11H16N2O4S/c1-2-17-11(14)10-7-13(8-12-10)9-3-5-18(15,16)6-4-9/h7-9H,2-6H2,1H3. The van der Waals surface area contributed by atoms with Gasteiger partial charge in [0.1, 0.15) is 9.84 Å². The van der Waals surface area contributed by atoms with Crippen molar-refractivity contribution < 1.29 is 17.9 Å². The van der Waals surface area contributed by atoms with Crippen LogP contribution in [0.15, 0.2) is 12.5 Å². The van der Waals surface area contributed by atoms with Gasteiger partial charge in [0.25, 0.3) is 0 Å². The van der Waals surface area contributed by atoms with E-state index in [2.05, 4.69) is 4.98 Å². The van der Waals surface area contributed by atoms with E-state index in [1.54, 1.807) is 24.0 Å². The summed E-state index contributed by atoms with van der Waals surface area (Å²) in [4.78, 5) is 15.4. The second-order valence-corrected chi connectivity index (χ2v) is 6.61. The summed E-state index contributed by atoms with van der Waals surface area (Å²) in [5.74, 6) is -0.0468. The molecule has 0 aliphatic carbocycles. The summed E-state index contributed by atoms with van der Waals surface area (Å²) in [6.07, 6.45) is 4.33. The SMILES string of the molecule is CCOC(=O)c1cn(C2CCS(=O)(=O)CC2)cn1. The van der Waals surface area contributed by atoms with E-state index in [9.17, 15) is 13.2 Å². The highest BCUT2D eigenvalue weighted by Gasteiger charge is 2.25. The Bertz CT molecular complexity index is 521. The van der Waals surface area contributed by atoms with Crippen LogP contribution < -0.4 is 0 Å². The number of aromatic nitrogens is 2. The van der Waals surface area contributed by atoms with E-state index in [0.717, 1.165) is 0 Å². The fraction of sp³-hybridized carbons (Fsp3) is 0.636. The monoisotopic (exact) mass is 272 g/mol. The molecule has 2 rings (SSSR count). The van der Waals surface area contributed by atoms with Crippen molar-refractivity contribution in [3.63, 3.8) is 0 Å². The first-order valence-electron chi connectivity index (χ1n) is 5.93. The van der Waals surface area contributed by atoms with Crippen molar-refractivity contribution in [2.45, 2.75) is 25.8 Å². The molecule has 100 valence electrons. The van der Waals surface area contributed by atoms with Gasteiger partial charge < -0.3 is 9.30 Å². The Morgan fingerprint density at radius 1 is 1.50 bits per heavy atom. The Labute approximate surface area is 106 Å². The van der Waals surface area contributed by atoms with Crippen molar-refractivity contribution >= 4 is 15.8 Å². The lowest BCUT2D eigenvalue weighted by molar-refractivity contribution is 0.0520. The molecule has 0 N–H and O–H groups in total. The molecule has 1 fully saturated rings. The third-order valence-corrected chi connectivity index (χ3v) is 4.75. The fourth-order valence-electron chi connectivity index (χ4n) is 2.02. The van der Waals surface area contributed by atoms with Crippen LogP contribution in [0.2, 0.25) is 0 Å². The van der Waals surface area contributed by atoms with E-state index in [0.29, 0.717) is 19.4 Å². The van der Waals surface area contributed by atoms with Crippen molar-refractivity contribution in [1.82, 2.24) is 9.55 Å². The minimum Gasteiger partial charge on any atom is -0.461 e. The van der Waals surface area contributed by atoms with Gasteiger partial charge in [0.2, 0.25) is 0 Å². The predicted octanol–water partition coefficient (Wildman–Crippen LogP) is 0.810. The Morgan fingerprint density at radius 2 is 2.17 bits per heavy atom. The number of rotatable bonds is 3. The zero-order valence-corrected chi connectivity index (χ0v) is 11.0. The van der Waals surface area contributed by atoms with E-state index >= 15 is 0 Å². The second-order valence-electron chi connectivity index (χ2n) is 4.31. The van der Waals surface area contributed by atoms with Crippen molar-refractivity contribution in [2.75, 3.05) is 18.1 Å². The van der Waals surface area contributed by atoms with Gasteiger partial charge in [-0.25, -0.2) is 18.2 Å². The van der Waals surface area contributed by atoms with Crippen LogP contribution in [0.4, 0.5) is 0 Å². The number of hydrogen-bond donors (Lipinski definition) is 0. The molecule has 6 nitrogen and oxygen atoms in total. The quantitative estimate of drug-likeness (QED) is 0.761. The number of carbonyl (C=O) groups excluding carboxylic acids is 1. The van der Waals surface area contributed by atoms with Crippen LogP contribution in [-0.2, 0) is 14.6 Å². The summed E-state index contributed by atoms with van der Waals surface area (Å²) >= 11 is 0. The zero-order valence-electron chi connectivity index (χ0n) is 10.2. The Hall–Kier alpha value is -1.37. The minimum atomic E-state index is -2.87. The molecular formula is C11H16N2O4S. The van der Waals surface area contributed by atoms with E-state index in [1.807, 2.05) is 0 Å². The summed E-state index contributed by atoms with van der Waals surface area (Å²) in [7, 11) is -2.87. The van der Waals surface area contributed by atoms with Crippen LogP contribution in [0, 0.1) is 0 Å². The summed E-state index contributed by atoms with van der Waals surface area (Å²) in [5, 5.41) is 0. The van der Waals surface area contributed by atoms with Gasteiger partial charge in [-0.3, -0.25) is 0 Å². The van der Waals surface area contributed by atoms with Crippen molar-refractivity contribution in [3.05, 3.63) is 18.2 Å². The first kappa shape index (κ1) is 13.1. The van der Waals surface area contributed by atoms with Gasteiger partial charge >= 0.3 is 5.97 Å². The summed E-state index contributed by atoms with van der Waals surface area (Å²) in [5.41, 5.74) is 0.269. The van der Waals surface area contributed by atoms with Gasteiger partial charge in [0, 0.05) is 12.2 Å². The average Bonchev–Trinajstić information content (AvgIpc) is 2.79. The average molecular weight is 272 g/mol. The Kier molecular flexibility index (Phi) is 3.70.